The second-order valence-electron chi connectivity index (χ2n) is 7.67. The first-order chi connectivity index (χ1) is 13.4. The maximum Gasteiger partial charge on any atom is 0.416 e. The average Bonchev–Trinajstić information content (AvgIpc) is 3.07. The lowest BCUT2D eigenvalue weighted by Gasteiger charge is -2.32. The molecule has 3 rings (SSSR count). The average molecular weight is 458 g/mol. The molecule has 1 aliphatic heterocycles. The van der Waals surface area contributed by atoms with Gasteiger partial charge in [0, 0.05) is 12.2 Å². The lowest BCUT2D eigenvalue weighted by atomic mass is 10.1. The van der Waals surface area contributed by atoms with Crippen molar-refractivity contribution in [2.45, 2.75) is 33.0 Å². The number of aryl methyl sites for hydroxylation is 1. The number of halogens is 3. The number of hydrogen-bond acceptors (Lipinski definition) is 2. The summed E-state index contributed by atoms with van der Waals surface area (Å²) in [5.74, 6) is 3.77. The van der Waals surface area contributed by atoms with Crippen molar-refractivity contribution in [3.8, 4) is 11.2 Å². The highest BCUT2D eigenvalue weighted by Gasteiger charge is 2.35. The van der Waals surface area contributed by atoms with Crippen molar-refractivity contribution in [1.82, 2.24) is 9.78 Å². The van der Waals surface area contributed by atoms with Gasteiger partial charge in [-0.1, -0.05) is 12.8 Å². The van der Waals surface area contributed by atoms with Crippen molar-refractivity contribution in [3.05, 3.63) is 46.8 Å². The first-order valence-corrected chi connectivity index (χ1v) is 11.9. The summed E-state index contributed by atoms with van der Waals surface area (Å²) in [4.78, 5) is 14.7. The maximum atomic E-state index is 13.2. The summed E-state index contributed by atoms with van der Waals surface area (Å²) in [6.45, 7) is 5.74. The number of alkyl halides is 3. The van der Waals surface area contributed by atoms with E-state index in [9.17, 15) is 18.0 Å². The Morgan fingerprint density at radius 3 is 2.53 bits per heavy atom. The summed E-state index contributed by atoms with van der Waals surface area (Å²) in [6, 6.07) is 3.67. The highest BCUT2D eigenvalue weighted by Crippen LogP contribution is 2.38. The predicted molar refractivity (Wildman–Crippen MR) is 122 cm³/mol. The minimum atomic E-state index is -4.42. The monoisotopic (exact) mass is 457 g/mol. The fourth-order valence-corrected chi connectivity index (χ4v) is 3.71. The fourth-order valence-electron chi connectivity index (χ4n) is 3.18. The molecule has 0 fully saturated rings. The number of rotatable bonds is 2. The smallest absolute Gasteiger partial charge is 0.305 e. The van der Waals surface area contributed by atoms with Crippen LogP contribution < -0.4 is 4.90 Å². The Bertz CT molecular complexity index is 1020. The van der Waals surface area contributed by atoms with Crippen LogP contribution >= 0.6 is 23.5 Å². The summed E-state index contributed by atoms with van der Waals surface area (Å²) >= 11 is 0. The number of carbonyl (C=O) groups excluding carboxylic acids is 1. The Hall–Kier alpha value is -2.05. The van der Waals surface area contributed by atoms with E-state index in [-0.39, 0.29) is 31.0 Å². The van der Waals surface area contributed by atoms with Crippen LogP contribution in [0.3, 0.4) is 0 Å². The summed E-state index contributed by atoms with van der Waals surface area (Å²) in [7, 11) is -1.07. The topological polar surface area (TPSA) is 38.1 Å². The lowest BCUT2D eigenvalue weighted by molar-refractivity contribution is -0.138. The summed E-state index contributed by atoms with van der Waals surface area (Å²) in [5.41, 5.74) is 0.783. The standard InChI is InChI=1S/C21H24F3N3OS.H2S/c1-6-29(4,5)10-9-16-12-25-27-15(3)13-26(20(28)19(16)27)17-7-8-18(14(2)11-17)21(22,23)24;/h7-8,11-12,15H,6,13H2,1-5H3;1H2/t15-;/m0./s1. The summed E-state index contributed by atoms with van der Waals surface area (Å²) in [6.07, 6.45) is 1.40. The Morgan fingerprint density at radius 1 is 1.30 bits per heavy atom. The molecule has 0 N–H and O–H groups in total. The molecule has 0 spiro atoms. The van der Waals surface area contributed by atoms with Crippen LogP contribution in [0.1, 0.15) is 47.1 Å². The molecular weight excluding hydrogens is 431 g/mol. The number of aromatic nitrogens is 2. The van der Waals surface area contributed by atoms with Crippen LogP contribution in [0.4, 0.5) is 18.9 Å². The molecule has 0 bridgehead atoms. The van der Waals surface area contributed by atoms with Crippen LogP contribution in [-0.4, -0.2) is 40.5 Å². The Balaban J connectivity index is 0.00000320. The van der Waals surface area contributed by atoms with E-state index in [4.69, 9.17) is 0 Å². The van der Waals surface area contributed by atoms with Crippen molar-refractivity contribution in [2.75, 3.05) is 29.7 Å². The van der Waals surface area contributed by atoms with Gasteiger partial charge in [0.2, 0.25) is 0 Å². The van der Waals surface area contributed by atoms with Gasteiger partial charge in [0.1, 0.15) is 5.69 Å². The highest BCUT2D eigenvalue weighted by atomic mass is 32.3. The minimum absolute atomic E-state index is 0. The minimum Gasteiger partial charge on any atom is -0.305 e. The van der Waals surface area contributed by atoms with Crippen molar-refractivity contribution in [1.29, 1.82) is 0 Å². The van der Waals surface area contributed by atoms with Gasteiger partial charge in [-0.25, -0.2) is 0 Å². The zero-order valence-electron chi connectivity index (χ0n) is 17.6. The highest BCUT2D eigenvalue weighted by molar-refractivity contribution is 8.36. The van der Waals surface area contributed by atoms with Crippen LogP contribution in [0.5, 0.6) is 0 Å². The second kappa shape index (κ2) is 8.60. The van der Waals surface area contributed by atoms with Gasteiger partial charge in [0.25, 0.3) is 5.91 Å². The first kappa shape index (κ1) is 24.2. The molecule has 1 amide bonds. The Labute approximate surface area is 183 Å². The van der Waals surface area contributed by atoms with Gasteiger partial charge < -0.3 is 4.90 Å². The molecule has 164 valence electrons. The van der Waals surface area contributed by atoms with Crippen LogP contribution in [-0.2, 0) is 6.18 Å². The van der Waals surface area contributed by atoms with Crippen molar-refractivity contribution in [3.63, 3.8) is 0 Å². The first-order valence-electron chi connectivity index (χ1n) is 9.25. The van der Waals surface area contributed by atoms with Gasteiger partial charge in [-0.05, 0) is 61.1 Å². The summed E-state index contributed by atoms with van der Waals surface area (Å²) in [5, 5.41) is 7.60. The molecule has 2 aromatic rings. The third kappa shape index (κ3) is 4.65. The summed E-state index contributed by atoms with van der Waals surface area (Å²) < 4.78 is 40.9. The molecular formula is C21H26F3N3OS2. The third-order valence-corrected chi connectivity index (χ3v) is 7.22. The van der Waals surface area contributed by atoms with E-state index in [1.54, 1.807) is 10.9 Å². The molecule has 0 unspecified atom stereocenters. The second-order valence-corrected chi connectivity index (χ2v) is 11.5. The maximum absolute atomic E-state index is 13.2. The molecule has 2 heterocycles. The van der Waals surface area contributed by atoms with E-state index in [1.807, 2.05) is 6.92 Å². The molecule has 0 radical (unpaired) electrons. The molecule has 9 heteroatoms. The number of benzene rings is 1. The molecule has 4 nitrogen and oxygen atoms in total. The molecule has 0 aliphatic carbocycles. The quantitative estimate of drug-likeness (QED) is 0.600. The molecule has 30 heavy (non-hydrogen) atoms. The van der Waals surface area contributed by atoms with E-state index in [0.717, 1.165) is 11.8 Å². The molecule has 1 aliphatic rings. The molecule has 1 aromatic heterocycles. The Morgan fingerprint density at radius 2 is 1.97 bits per heavy atom. The van der Waals surface area contributed by atoms with Crippen molar-refractivity contribution >= 4 is 35.1 Å². The van der Waals surface area contributed by atoms with E-state index in [1.165, 1.54) is 24.0 Å². The van der Waals surface area contributed by atoms with E-state index < -0.39 is 21.8 Å². The lowest BCUT2D eigenvalue weighted by Crippen LogP contribution is -2.43. The predicted octanol–water partition coefficient (Wildman–Crippen LogP) is 4.94. The van der Waals surface area contributed by atoms with Crippen LogP contribution in [0, 0.1) is 18.1 Å². The SMILES string of the molecule is CCS(C)(C)C#Cc1cnn2c1C(=O)N(c1ccc(C(F)(F)F)c(C)c1)C[C@@H]2C.S. The Kier molecular flexibility index (Phi) is 6.94. The number of nitrogens with zero attached hydrogens (tertiary/aromatic N) is 3. The number of anilines is 1. The normalized spacial score (nSPS) is 17.0. The van der Waals surface area contributed by atoms with E-state index in [0.29, 0.717) is 23.5 Å². The number of fused-ring (bicyclic) bond motifs is 1. The number of carbonyl (C=O) groups is 1. The van der Waals surface area contributed by atoms with Crippen LogP contribution in [0.25, 0.3) is 0 Å². The van der Waals surface area contributed by atoms with Crippen molar-refractivity contribution in [2.24, 2.45) is 0 Å². The number of hydrogen-bond donors (Lipinski definition) is 0. The fraction of sp³-hybridized carbons (Fsp3) is 0.429. The van der Waals surface area contributed by atoms with E-state index >= 15 is 0 Å². The van der Waals surface area contributed by atoms with Gasteiger partial charge in [-0.2, -0.15) is 41.8 Å². The molecule has 1 atom stereocenters. The molecule has 0 saturated heterocycles. The van der Waals surface area contributed by atoms with Crippen LogP contribution in [0.15, 0.2) is 24.4 Å². The molecule has 0 saturated carbocycles. The third-order valence-electron chi connectivity index (χ3n) is 5.12. The number of amides is 1. The van der Waals surface area contributed by atoms with Gasteiger partial charge in [0.15, 0.2) is 0 Å². The molecule has 1 aromatic carbocycles. The van der Waals surface area contributed by atoms with Gasteiger partial charge >= 0.3 is 6.18 Å². The van der Waals surface area contributed by atoms with Gasteiger partial charge in [-0.3, -0.25) is 9.48 Å². The van der Waals surface area contributed by atoms with Crippen molar-refractivity contribution < 1.29 is 18.0 Å². The van der Waals surface area contributed by atoms with E-state index in [2.05, 4.69) is 35.7 Å². The zero-order chi connectivity index (χ0) is 21.6. The largest absolute Gasteiger partial charge is 0.416 e. The zero-order valence-corrected chi connectivity index (χ0v) is 19.4. The van der Waals surface area contributed by atoms with Gasteiger partial charge in [0.05, 0.1) is 23.4 Å². The van der Waals surface area contributed by atoms with Gasteiger partial charge in [-0.15, -0.1) is 0 Å². The van der Waals surface area contributed by atoms with Crippen LogP contribution in [0.2, 0.25) is 0 Å².